The Morgan fingerprint density at radius 1 is 1.67 bits per heavy atom. The van der Waals surface area contributed by atoms with Gasteiger partial charge in [0.25, 0.3) is 0 Å². The minimum absolute atomic E-state index is 0.0232. The smallest absolute Gasteiger partial charge is 0.364 e. The van der Waals surface area contributed by atoms with Crippen molar-refractivity contribution in [1.29, 1.82) is 5.41 Å². The molecule has 1 unspecified atom stereocenters. The molecule has 0 fully saturated rings. The molecule has 18 heavy (non-hydrogen) atoms. The van der Waals surface area contributed by atoms with Crippen LogP contribution in [-0.2, 0) is 0 Å². The van der Waals surface area contributed by atoms with Gasteiger partial charge < -0.3 is 10.6 Å². The standard InChI is InChI=1S/C10H15N7O/c1-6(5-7(11)12)16(2)9-4-3-8-13-14-10(18)17(8)15-9/h3-4,6H,5H2,1-2H3,(H3,11,12)(H,14,18). The number of nitrogens with zero attached hydrogens (tertiary/aromatic N) is 4. The molecule has 2 aromatic heterocycles. The molecule has 96 valence electrons. The van der Waals surface area contributed by atoms with Crippen LogP contribution < -0.4 is 16.3 Å². The zero-order valence-electron chi connectivity index (χ0n) is 10.2. The highest BCUT2D eigenvalue weighted by Crippen LogP contribution is 2.13. The predicted molar refractivity (Wildman–Crippen MR) is 68.0 cm³/mol. The number of aromatic nitrogens is 4. The Bertz CT molecular complexity index is 628. The van der Waals surface area contributed by atoms with Crippen molar-refractivity contribution in [2.75, 3.05) is 11.9 Å². The summed E-state index contributed by atoms with van der Waals surface area (Å²) in [5.41, 5.74) is 5.47. The summed E-state index contributed by atoms with van der Waals surface area (Å²) >= 11 is 0. The maximum Gasteiger partial charge on any atom is 0.364 e. The quantitative estimate of drug-likeness (QED) is 0.502. The molecular weight excluding hydrogens is 234 g/mol. The van der Waals surface area contributed by atoms with Gasteiger partial charge in [-0.1, -0.05) is 0 Å². The van der Waals surface area contributed by atoms with Crippen molar-refractivity contribution >= 4 is 17.3 Å². The second kappa shape index (κ2) is 4.47. The van der Waals surface area contributed by atoms with E-state index in [9.17, 15) is 4.79 Å². The number of anilines is 1. The largest absolute Gasteiger partial charge is 0.388 e. The Kier molecular flexibility index (Phi) is 3.00. The number of fused-ring (bicyclic) bond motifs is 1. The molecule has 0 saturated heterocycles. The summed E-state index contributed by atoms with van der Waals surface area (Å²) in [4.78, 5) is 13.3. The van der Waals surface area contributed by atoms with E-state index in [2.05, 4.69) is 15.3 Å². The summed E-state index contributed by atoms with van der Waals surface area (Å²) in [6.07, 6.45) is 0.441. The number of nitrogens with two attached hydrogens (primary N) is 1. The van der Waals surface area contributed by atoms with E-state index in [1.165, 1.54) is 4.52 Å². The van der Waals surface area contributed by atoms with E-state index in [1.54, 1.807) is 12.1 Å². The Labute approximate surface area is 103 Å². The van der Waals surface area contributed by atoms with Crippen LogP contribution in [0.1, 0.15) is 13.3 Å². The molecule has 0 amide bonds. The van der Waals surface area contributed by atoms with Crippen LogP contribution in [0.3, 0.4) is 0 Å². The van der Waals surface area contributed by atoms with Crippen LogP contribution in [0.2, 0.25) is 0 Å². The fourth-order valence-electron chi connectivity index (χ4n) is 1.66. The monoisotopic (exact) mass is 249 g/mol. The van der Waals surface area contributed by atoms with Crippen molar-refractivity contribution in [1.82, 2.24) is 19.8 Å². The van der Waals surface area contributed by atoms with E-state index >= 15 is 0 Å². The third kappa shape index (κ3) is 2.17. The van der Waals surface area contributed by atoms with Crippen LogP contribution >= 0.6 is 0 Å². The molecular formula is C10H15N7O. The summed E-state index contributed by atoms with van der Waals surface area (Å²) in [5, 5.41) is 17.6. The second-order valence-electron chi connectivity index (χ2n) is 4.18. The van der Waals surface area contributed by atoms with Gasteiger partial charge in [0, 0.05) is 19.5 Å². The number of amidine groups is 1. The number of nitrogens with one attached hydrogen (secondary N) is 2. The first-order valence-electron chi connectivity index (χ1n) is 5.49. The molecule has 0 saturated carbocycles. The lowest BCUT2D eigenvalue weighted by Crippen LogP contribution is -2.34. The van der Waals surface area contributed by atoms with E-state index < -0.39 is 0 Å². The van der Waals surface area contributed by atoms with Crippen LogP contribution in [0.15, 0.2) is 16.9 Å². The lowest BCUT2D eigenvalue weighted by Gasteiger charge is -2.25. The van der Waals surface area contributed by atoms with Crippen molar-refractivity contribution < 1.29 is 0 Å². The van der Waals surface area contributed by atoms with Gasteiger partial charge >= 0.3 is 5.69 Å². The minimum atomic E-state index is -0.375. The Morgan fingerprint density at radius 2 is 2.39 bits per heavy atom. The van der Waals surface area contributed by atoms with Crippen molar-refractivity contribution in [3.05, 3.63) is 22.6 Å². The fourth-order valence-corrected chi connectivity index (χ4v) is 1.66. The van der Waals surface area contributed by atoms with Crippen LogP contribution in [0.5, 0.6) is 0 Å². The molecule has 2 heterocycles. The average molecular weight is 249 g/mol. The van der Waals surface area contributed by atoms with E-state index in [1.807, 2.05) is 18.9 Å². The average Bonchev–Trinajstić information content (AvgIpc) is 2.69. The first-order chi connectivity index (χ1) is 8.49. The summed E-state index contributed by atoms with van der Waals surface area (Å²) in [6.45, 7) is 1.94. The van der Waals surface area contributed by atoms with Gasteiger partial charge in [-0.2, -0.15) is 9.61 Å². The van der Waals surface area contributed by atoms with E-state index in [4.69, 9.17) is 11.1 Å². The molecule has 0 radical (unpaired) electrons. The third-order valence-corrected chi connectivity index (χ3v) is 2.80. The minimum Gasteiger partial charge on any atom is -0.388 e. The van der Waals surface area contributed by atoms with E-state index in [-0.39, 0.29) is 17.6 Å². The van der Waals surface area contributed by atoms with Gasteiger partial charge in [0.15, 0.2) is 5.65 Å². The molecule has 0 spiro atoms. The van der Waals surface area contributed by atoms with Crippen LogP contribution in [0, 0.1) is 5.41 Å². The van der Waals surface area contributed by atoms with E-state index in [0.717, 1.165) is 0 Å². The molecule has 8 nitrogen and oxygen atoms in total. The van der Waals surface area contributed by atoms with E-state index in [0.29, 0.717) is 17.9 Å². The summed E-state index contributed by atoms with van der Waals surface area (Å²) < 4.78 is 1.20. The normalized spacial score (nSPS) is 12.6. The van der Waals surface area contributed by atoms with Gasteiger partial charge in [0.1, 0.15) is 5.82 Å². The van der Waals surface area contributed by atoms with Crippen LogP contribution in [0.25, 0.3) is 5.65 Å². The van der Waals surface area contributed by atoms with Gasteiger partial charge in [0.05, 0.1) is 5.84 Å². The molecule has 1 atom stereocenters. The first kappa shape index (κ1) is 12.1. The highest BCUT2D eigenvalue weighted by Gasteiger charge is 2.13. The zero-order valence-corrected chi connectivity index (χ0v) is 10.2. The maximum absolute atomic E-state index is 11.4. The topological polar surface area (TPSA) is 116 Å². The van der Waals surface area contributed by atoms with Gasteiger partial charge in [-0.15, -0.1) is 5.10 Å². The van der Waals surface area contributed by atoms with Gasteiger partial charge in [0.2, 0.25) is 0 Å². The van der Waals surface area contributed by atoms with Crippen LogP contribution in [0.4, 0.5) is 5.82 Å². The highest BCUT2D eigenvalue weighted by atomic mass is 16.2. The zero-order chi connectivity index (χ0) is 13.3. The molecule has 0 aromatic carbocycles. The number of hydrogen-bond donors (Lipinski definition) is 3. The van der Waals surface area contributed by atoms with Crippen LogP contribution in [-0.4, -0.2) is 38.7 Å². The van der Waals surface area contributed by atoms with Crippen molar-refractivity contribution in [3.63, 3.8) is 0 Å². The predicted octanol–water partition coefficient (Wildman–Crippen LogP) is -0.432. The molecule has 0 aliphatic carbocycles. The number of hydrogen-bond acceptors (Lipinski definition) is 5. The molecule has 0 bridgehead atoms. The number of aromatic amines is 1. The summed E-state index contributed by atoms with van der Waals surface area (Å²) in [6, 6.07) is 3.50. The molecule has 4 N–H and O–H groups in total. The second-order valence-corrected chi connectivity index (χ2v) is 4.18. The number of H-pyrrole nitrogens is 1. The molecule has 8 heteroatoms. The molecule has 2 aromatic rings. The lowest BCUT2D eigenvalue weighted by atomic mass is 10.2. The van der Waals surface area contributed by atoms with Gasteiger partial charge in [-0.3, -0.25) is 5.41 Å². The van der Waals surface area contributed by atoms with Gasteiger partial charge in [-0.25, -0.2) is 9.89 Å². The summed E-state index contributed by atoms with van der Waals surface area (Å²) in [5.74, 6) is 0.746. The Morgan fingerprint density at radius 3 is 3.06 bits per heavy atom. The molecule has 2 rings (SSSR count). The Balaban J connectivity index is 2.32. The van der Waals surface area contributed by atoms with Gasteiger partial charge in [-0.05, 0) is 19.1 Å². The molecule has 0 aliphatic rings. The lowest BCUT2D eigenvalue weighted by molar-refractivity contribution is 0.687. The summed E-state index contributed by atoms with van der Waals surface area (Å²) in [7, 11) is 1.84. The number of rotatable bonds is 4. The maximum atomic E-state index is 11.4. The molecule has 0 aliphatic heterocycles. The fraction of sp³-hybridized carbons (Fsp3) is 0.400. The van der Waals surface area contributed by atoms with Crippen molar-refractivity contribution in [3.8, 4) is 0 Å². The van der Waals surface area contributed by atoms with Crippen molar-refractivity contribution in [2.45, 2.75) is 19.4 Å². The van der Waals surface area contributed by atoms with Crippen molar-refractivity contribution in [2.24, 2.45) is 5.73 Å². The highest BCUT2D eigenvalue weighted by molar-refractivity contribution is 5.77. The first-order valence-corrected chi connectivity index (χ1v) is 5.49. The third-order valence-electron chi connectivity index (χ3n) is 2.80. The SMILES string of the molecule is CC(CC(=N)N)N(C)c1ccc2n[nH]c(=O)n2n1. The Hall–Kier alpha value is -2.38.